The topological polar surface area (TPSA) is 66.5 Å². The Balaban J connectivity index is 1.91. The quantitative estimate of drug-likeness (QED) is 0.598. The third-order valence-corrected chi connectivity index (χ3v) is 5.79. The van der Waals surface area contributed by atoms with E-state index in [2.05, 4.69) is 21.2 Å². The van der Waals surface area contributed by atoms with E-state index < -0.39 is 41.4 Å². The van der Waals surface area contributed by atoms with Crippen LogP contribution in [-0.2, 0) is 10.3 Å². The van der Waals surface area contributed by atoms with E-state index in [1.165, 1.54) is 18.3 Å². The summed E-state index contributed by atoms with van der Waals surface area (Å²) in [5.41, 5.74) is -2.07. The van der Waals surface area contributed by atoms with Gasteiger partial charge in [-0.2, -0.15) is 0 Å². The number of urea groups is 1. The number of hydrogen-bond donors (Lipinski definition) is 1. The summed E-state index contributed by atoms with van der Waals surface area (Å²) in [6.45, 7) is 0.785. The highest BCUT2D eigenvalue weighted by Gasteiger charge is 2.51. The molecule has 9 heteroatoms. The van der Waals surface area contributed by atoms with Crippen LogP contribution in [0.4, 0.5) is 13.6 Å². The van der Waals surface area contributed by atoms with Gasteiger partial charge in [0.25, 0.3) is 5.91 Å². The second-order valence-electron chi connectivity index (χ2n) is 5.59. The fourth-order valence-corrected chi connectivity index (χ4v) is 4.14. The van der Waals surface area contributed by atoms with Crippen molar-refractivity contribution < 1.29 is 23.2 Å². The molecule has 1 aliphatic heterocycles. The number of benzene rings is 1. The van der Waals surface area contributed by atoms with E-state index in [4.69, 9.17) is 0 Å². The van der Waals surface area contributed by atoms with Crippen LogP contribution in [-0.4, -0.2) is 29.2 Å². The molecule has 1 atom stereocenters. The lowest BCUT2D eigenvalue weighted by Gasteiger charge is -2.22. The molecule has 0 spiro atoms. The van der Waals surface area contributed by atoms with Crippen LogP contribution in [0.25, 0.3) is 0 Å². The first-order valence-corrected chi connectivity index (χ1v) is 8.77. The van der Waals surface area contributed by atoms with E-state index in [9.17, 15) is 23.2 Å². The van der Waals surface area contributed by atoms with Crippen molar-refractivity contribution in [3.63, 3.8) is 0 Å². The van der Waals surface area contributed by atoms with E-state index in [1.54, 1.807) is 11.4 Å². The van der Waals surface area contributed by atoms with Crippen LogP contribution in [0.15, 0.2) is 34.1 Å². The van der Waals surface area contributed by atoms with Crippen molar-refractivity contribution >= 4 is 45.0 Å². The predicted octanol–water partition coefficient (Wildman–Crippen LogP) is 3.44. The zero-order valence-electron chi connectivity index (χ0n) is 12.8. The van der Waals surface area contributed by atoms with E-state index >= 15 is 0 Å². The van der Waals surface area contributed by atoms with Gasteiger partial charge < -0.3 is 5.32 Å². The van der Waals surface area contributed by atoms with Crippen molar-refractivity contribution in [1.29, 1.82) is 0 Å². The van der Waals surface area contributed by atoms with Gasteiger partial charge in [-0.25, -0.2) is 13.6 Å². The number of hydrogen-bond acceptors (Lipinski definition) is 4. The molecular weight excluding hydrogens is 418 g/mol. The summed E-state index contributed by atoms with van der Waals surface area (Å²) in [7, 11) is 0. The van der Waals surface area contributed by atoms with E-state index in [1.807, 2.05) is 0 Å². The van der Waals surface area contributed by atoms with Gasteiger partial charge in [-0.3, -0.25) is 14.5 Å². The van der Waals surface area contributed by atoms with Crippen molar-refractivity contribution in [2.75, 3.05) is 6.54 Å². The summed E-state index contributed by atoms with van der Waals surface area (Å²) in [6.07, 6.45) is 0. The molecule has 0 saturated carbocycles. The second-order valence-corrected chi connectivity index (χ2v) is 7.36. The minimum absolute atomic E-state index is 0.293. The summed E-state index contributed by atoms with van der Waals surface area (Å²) in [5.74, 6) is -2.82. The highest BCUT2D eigenvalue weighted by molar-refractivity contribution is 9.10. The lowest BCUT2D eigenvalue weighted by molar-refractivity contribution is -0.130. The van der Waals surface area contributed by atoms with Gasteiger partial charge in [0.05, 0.1) is 11.4 Å². The molecule has 1 N–H and O–H groups in total. The highest BCUT2D eigenvalue weighted by atomic mass is 79.9. The zero-order chi connectivity index (χ0) is 18.4. The van der Waals surface area contributed by atoms with Crippen molar-refractivity contribution in [3.05, 3.63) is 56.2 Å². The molecular formula is C16H11BrF2N2O3S. The Morgan fingerprint density at radius 1 is 1.32 bits per heavy atom. The molecule has 3 rings (SSSR count). The zero-order valence-corrected chi connectivity index (χ0v) is 15.2. The molecule has 3 amide bonds. The Kier molecular flexibility index (Phi) is 4.46. The van der Waals surface area contributed by atoms with Crippen LogP contribution >= 0.6 is 27.3 Å². The average molecular weight is 429 g/mol. The molecule has 1 fully saturated rings. The number of amides is 3. The first-order valence-electron chi connectivity index (χ1n) is 7.10. The summed E-state index contributed by atoms with van der Waals surface area (Å²) in [6, 6.07) is 3.49. The van der Waals surface area contributed by atoms with E-state index in [0.29, 0.717) is 14.2 Å². The molecule has 1 aromatic carbocycles. The number of nitrogens with zero attached hydrogens (tertiary/aromatic N) is 1. The fraction of sp³-hybridized carbons (Fsp3) is 0.188. The maximum atomic E-state index is 14.1. The van der Waals surface area contributed by atoms with Gasteiger partial charge in [-0.15, -0.1) is 11.3 Å². The van der Waals surface area contributed by atoms with Crippen molar-refractivity contribution in [1.82, 2.24) is 10.2 Å². The van der Waals surface area contributed by atoms with Gasteiger partial charge in [0.15, 0.2) is 5.78 Å². The molecule has 2 aromatic rings. The molecule has 1 aliphatic rings. The van der Waals surface area contributed by atoms with Gasteiger partial charge in [0, 0.05) is 10.0 Å². The Morgan fingerprint density at radius 2 is 2.04 bits per heavy atom. The Labute approximate surface area is 153 Å². The SMILES string of the molecule is CC1(c2cc(F)ccc2F)NC(=O)N(CC(=O)c2sccc2Br)C1=O. The Bertz CT molecular complexity index is 901. The average Bonchev–Trinajstić information content (AvgIpc) is 3.07. The molecule has 1 saturated heterocycles. The summed E-state index contributed by atoms with van der Waals surface area (Å²) in [4.78, 5) is 38.3. The second kappa shape index (κ2) is 6.30. The fourth-order valence-electron chi connectivity index (χ4n) is 2.61. The number of Topliss-reactive ketones (excluding diaryl/α,β-unsaturated/α-hetero) is 1. The molecule has 1 aromatic heterocycles. The smallest absolute Gasteiger partial charge is 0.319 e. The Morgan fingerprint density at radius 3 is 2.68 bits per heavy atom. The van der Waals surface area contributed by atoms with Gasteiger partial charge in [0.1, 0.15) is 17.2 Å². The van der Waals surface area contributed by atoms with E-state index in [0.717, 1.165) is 18.2 Å². The third-order valence-electron chi connectivity index (χ3n) is 3.91. The number of carbonyl (C=O) groups is 3. The number of nitrogens with one attached hydrogen (secondary N) is 1. The Hall–Kier alpha value is -2.13. The molecule has 5 nitrogen and oxygen atoms in total. The number of carbonyl (C=O) groups excluding carboxylic acids is 3. The standard InChI is InChI=1S/C16H11BrF2N2O3S/c1-16(9-6-8(18)2-3-11(9)19)14(23)21(15(24)20-16)7-12(22)13-10(17)4-5-25-13/h2-6H,7H2,1H3,(H,20,24). The minimum atomic E-state index is -1.78. The van der Waals surface area contributed by atoms with Crippen LogP contribution in [0.1, 0.15) is 22.2 Å². The lowest BCUT2D eigenvalue weighted by atomic mass is 9.91. The van der Waals surface area contributed by atoms with Crippen molar-refractivity contribution in [3.8, 4) is 0 Å². The monoisotopic (exact) mass is 428 g/mol. The van der Waals surface area contributed by atoms with Gasteiger partial charge in [-0.1, -0.05) is 0 Å². The first kappa shape index (κ1) is 17.7. The van der Waals surface area contributed by atoms with Crippen LogP contribution in [0.5, 0.6) is 0 Å². The van der Waals surface area contributed by atoms with Crippen molar-refractivity contribution in [2.24, 2.45) is 0 Å². The molecule has 0 bridgehead atoms. The van der Waals surface area contributed by atoms with Crippen LogP contribution in [0.2, 0.25) is 0 Å². The number of halogens is 3. The third kappa shape index (κ3) is 2.98. The predicted molar refractivity (Wildman–Crippen MR) is 90.3 cm³/mol. The van der Waals surface area contributed by atoms with E-state index in [-0.39, 0.29) is 5.56 Å². The number of rotatable bonds is 4. The van der Waals surface area contributed by atoms with Crippen LogP contribution in [0.3, 0.4) is 0 Å². The maximum Gasteiger partial charge on any atom is 0.325 e. The number of imide groups is 1. The summed E-state index contributed by atoms with van der Waals surface area (Å²) >= 11 is 4.39. The van der Waals surface area contributed by atoms with Gasteiger partial charge in [-0.05, 0) is 52.5 Å². The maximum absolute atomic E-state index is 14.1. The minimum Gasteiger partial charge on any atom is -0.319 e. The molecule has 25 heavy (non-hydrogen) atoms. The summed E-state index contributed by atoms with van der Waals surface area (Å²) < 4.78 is 28.1. The van der Waals surface area contributed by atoms with Crippen molar-refractivity contribution in [2.45, 2.75) is 12.5 Å². The first-order chi connectivity index (χ1) is 11.7. The van der Waals surface area contributed by atoms with Crippen LogP contribution < -0.4 is 5.32 Å². The van der Waals surface area contributed by atoms with Gasteiger partial charge >= 0.3 is 6.03 Å². The van der Waals surface area contributed by atoms with Crippen LogP contribution in [0, 0.1) is 11.6 Å². The molecule has 0 radical (unpaired) electrons. The highest BCUT2D eigenvalue weighted by Crippen LogP contribution is 2.32. The molecule has 130 valence electrons. The van der Waals surface area contributed by atoms with Gasteiger partial charge in [0.2, 0.25) is 0 Å². The molecule has 0 aliphatic carbocycles. The normalized spacial score (nSPS) is 20.1. The number of thiophene rings is 1. The molecule has 1 unspecified atom stereocenters. The largest absolute Gasteiger partial charge is 0.325 e. The lowest BCUT2D eigenvalue weighted by Crippen LogP contribution is -2.42. The number of ketones is 1. The summed E-state index contributed by atoms with van der Waals surface area (Å²) in [5, 5.41) is 4.04. The molecule has 2 heterocycles.